The summed E-state index contributed by atoms with van der Waals surface area (Å²) in [5, 5.41) is 5.61. The number of anilines is 1. The van der Waals surface area contributed by atoms with Crippen molar-refractivity contribution in [3.05, 3.63) is 18.2 Å². The molecule has 0 spiro atoms. The number of hydrogen-bond donors (Lipinski definition) is 2. The number of carbonyl (C=O) groups excluding carboxylic acids is 2. The molecule has 1 fully saturated rings. The lowest BCUT2D eigenvalue weighted by molar-refractivity contribution is -0.126. The number of nitrogens with one attached hydrogen (secondary N) is 2. The molecular weight excluding hydrogens is 322 g/mol. The van der Waals surface area contributed by atoms with Crippen molar-refractivity contribution in [3.63, 3.8) is 0 Å². The van der Waals surface area contributed by atoms with Crippen LogP contribution in [-0.2, 0) is 9.59 Å². The van der Waals surface area contributed by atoms with E-state index in [1.165, 1.54) is 0 Å². The monoisotopic (exact) mass is 349 g/mol. The van der Waals surface area contributed by atoms with Crippen LogP contribution in [0.5, 0.6) is 11.5 Å². The van der Waals surface area contributed by atoms with E-state index in [-0.39, 0.29) is 23.8 Å². The number of methoxy groups -OCH3 is 2. The topological polar surface area (TPSA) is 79.9 Å². The molecule has 1 aromatic carbocycles. The Balaban J connectivity index is 1.96. The Hall–Kier alpha value is -2.28. The van der Waals surface area contributed by atoms with Crippen molar-refractivity contribution < 1.29 is 19.1 Å². The number of benzene rings is 1. The van der Waals surface area contributed by atoms with Crippen molar-refractivity contribution in [2.75, 3.05) is 39.7 Å². The van der Waals surface area contributed by atoms with Gasteiger partial charge in [0.15, 0.2) is 0 Å². The standard InChI is InChI=1S/C18H27N3O4/c1-12(21-7-5-13(6-8-21)18(23)19-2)17(22)20-14-9-15(24-3)11-16(10-14)25-4/h9-13H,5-8H2,1-4H3,(H,19,23)(H,20,22)/t12-/m0/s1. The van der Waals surface area contributed by atoms with Crippen molar-refractivity contribution in [3.8, 4) is 11.5 Å². The zero-order chi connectivity index (χ0) is 18.4. The predicted octanol–water partition coefficient (Wildman–Crippen LogP) is 1.49. The number of hydrogen-bond acceptors (Lipinski definition) is 5. The summed E-state index contributed by atoms with van der Waals surface area (Å²) < 4.78 is 10.4. The van der Waals surface area contributed by atoms with E-state index < -0.39 is 0 Å². The second-order valence-electron chi connectivity index (χ2n) is 6.19. The van der Waals surface area contributed by atoms with Crippen LogP contribution >= 0.6 is 0 Å². The minimum absolute atomic E-state index is 0.0409. The summed E-state index contributed by atoms with van der Waals surface area (Å²) in [5.41, 5.74) is 0.633. The maximum atomic E-state index is 12.6. The number of likely N-dealkylation sites (tertiary alicyclic amines) is 1. The average Bonchev–Trinajstić information content (AvgIpc) is 2.66. The molecule has 0 saturated carbocycles. The summed E-state index contributed by atoms with van der Waals surface area (Å²) in [6, 6.07) is 4.99. The van der Waals surface area contributed by atoms with E-state index in [4.69, 9.17) is 9.47 Å². The van der Waals surface area contributed by atoms with Gasteiger partial charge in [0.05, 0.1) is 20.3 Å². The molecule has 1 aliphatic rings. The van der Waals surface area contributed by atoms with Gasteiger partial charge < -0.3 is 20.1 Å². The van der Waals surface area contributed by atoms with Crippen LogP contribution in [0.4, 0.5) is 5.69 Å². The summed E-state index contributed by atoms with van der Waals surface area (Å²) in [6.07, 6.45) is 1.54. The first-order chi connectivity index (χ1) is 12.0. The molecule has 1 aliphatic heterocycles. The molecule has 0 aliphatic carbocycles. The van der Waals surface area contributed by atoms with Crippen molar-refractivity contribution >= 4 is 17.5 Å². The van der Waals surface area contributed by atoms with Gasteiger partial charge in [0, 0.05) is 36.9 Å². The van der Waals surface area contributed by atoms with Gasteiger partial charge in [-0.2, -0.15) is 0 Å². The van der Waals surface area contributed by atoms with Gasteiger partial charge in [-0.05, 0) is 32.9 Å². The fourth-order valence-electron chi connectivity index (χ4n) is 3.05. The molecule has 1 atom stereocenters. The van der Waals surface area contributed by atoms with Crippen LogP contribution in [0, 0.1) is 5.92 Å². The zero-order valence-electron chi connectivity index (χ0n) is 15.3. The third-order valence-electron chi connectivity index (χ3n) is 4.69. The second kappa shape index (κ2) is 8.71. The van der Waals surface area contributed by atoms with E-state index in [1.807, 2.05) is 6.92 Å². The zero-order valence-corrected chi connectivity index (χ0v) is 15.3. The molecular formula is C18H27N3O4. The quantitative estimate of drug-likeness (QED) is 0.813. The number of rotatable bonds is 6. The highest BCUT2D eigenvalue weighted by Crippen LogP contribution is 2.26. The first kappa shape index (κ1) is 19.1. The lowest BCUT2D eigenvalue weighted by atomic mass is 9.95. The Morgan fingerprint density at radius 2 is 1.68 bits per heavy atom. The van der Waals surface area contributed by atoms with Crippen LogP contribution in [0.15, 0.2) is 18.2 Å². The highest BCUT2D eigenvalue weighted by Gasteiger charge is 2.29. The highest BCUT2D eigenvalue weighted by molar-refractivity contribution is 5.95. The highest BCUT2D eigenvalue weighted by atomic mass is 16.5. The molecule has 2 rings (SSSR count). The van der Waals surface area contributed by atoms with Crippen molar-refractivity contribution in [1.82, 2.24) is 10.2 Å². The average molecular weight is 349 g/mol. The Morgan fingerprint density at radius 3 is 2.16 bits per heavy atom. The Labute approximate surface area is 148 Å². The Kier molecular flexibility index (Phi) is 6.64. The molecule has 0 aromatic heterocycles. The van der Waals surface area contributed by atoms with E-state index in [2.05, 4.69) is 15.5 Å². The smallest absolute Gasteiger partial charge is 0.241 e. The molecule has 0 unspecified atom stereocenters. The van der Waals surface area contributed by atoms with Crippen molar-refractivity contribution in [2.45, 2.75) is 25.8 Å². The summed E-state index contributed by atoms with van der Waals surface area (Å²) in [6.45, 7) is 3.34. The molecule has 2 N–H and O–H groups in total. The lowest BCUT2D eigenvalue weighted by Crippen LogP contribution is -2.47. The van der Waals surface area contributed by atoms with E-state index in [0.29, 0.717) is 17.2 Å². The summed E-state index contributed by atoms with van der Waals surface area (Å²) in [7, 11) is 4.80. The van der Waals surface area contributed by atoms with E-state index in [9.17, 15) is 9.59 Å². The maximum Gasteiger partial charge on any atom is 0.241 e. The van der Waals surface area contributed by atoms with E-state index in [0.717, 1.165) is 25.9 Å². The normalized spacial score (nSPS) is 16.8. The van der Waals surface area contributed by atoms with Crippen LogP contribution in [-0.4, -0.2) is 57.1 Å². The summed E-state index contributed by atoms with van der Waals surface area (Å²) in [5.74, 6) is 1.27. The van der Waals surface area contributed by atoms with Crippen LogP contribution in [0.2, 0.25) is 0 Å². The number of nitrogens with zero attached hydrogens (tertiary/aromatic N) is 1. The molecule has 0 radical (unpaired) electrons. The first-order valence-corrected chi connectivity index (χ1v) is 8.48. The summed E-state index contributed by atoms with van der Waals surface area (Å²) >= 11 is 0. The van der Waals surface area contributed by atoms with Gasteiger partial charge in [-0.3, -0.25) is 14.5 Å². The van der Waals surface area contributed by atoms with Crippen molar-refractivity contribution in [1.29, 1.82) is 0 Å². The fraction of sp³-hybridized carbons (Fsp3) is 0.556. The molecule has 2 amide bonds. The number of amides is 2. The minimum atomic E-state index is -0.275. The van der Waals surface area contributed by atoms with E-state index >= 15 is 0 Å². The SMILES string of the molecule is CNC(=O)C1CCN([C@@H](C)C(=O)Nc2cc(OC)cc(OC)c2)CC1. The third-order valence-corrected chi connectivity index (χ3v) is 4.69. The molecule has 25 heavy (non-hydrogen) atoms. The first-order valence-electron chi connectivity index (χ1n) is 8.48. The maximum absolute atomic E-state index is 12.6. The molecule has 1 heterocycles. The Morgan fingerprint density at radius 1 is 1.12 bits per heavy atom. The fourth-order valence-corrected chi connectivity index (χ4v) is 3.05. The number of ether oxygens (including phenoxy) is 2. The minimum Gasteiger partial charge on any atom is -0.497 e. The van der Waals surface area contributed by atoms with Crippen LogP contribution in [0.25, 0.3) is 0 Å². The second-order valence-corrected chi connectivity index (χ2v) is 6.19. The van der Waals surface area contributed by atoms with Gasteiger partial charge in [0.2, 0.25) is 11.8 Å². The van der Waals surface area contributed by atoms with E-state index in [1.54, 1.807) is 39.5 Å². The van der Waals surface area contributed by atoms with Gasteiger partial charge >= 0.3 is 0 Å². The van der Waals surface area contributed by atoms with Gasteiger partial charge in [-0.1, -0.05) is 0 Å². The number of piperidine rings is 1. The largest absolute Gasteiger partial charge is 0.497 e. The predicted molar refractivity (Wildman–Crippen MR) is 96.0 cm³/mol. The Bertz CT molecular complexity index is 590. The molecule has 7 nitrogen and oxygen atoms in total. The molecule has 138 valence electrons. The van der Waals surface area contributed by atoms with Gasteiger partial charge in [0.1, 0.15) is 11.5 Å². The van der Waals surface area contributed by atoms with Crippen LogP contribution < -0.4 is 20.1 Å². The van der Waals surface area contributed by atoms with Gasteiger partial charge in [-0.15, -0.1) is 0 Å². The number of carbonyl (C=O) groups is 2. The van der Waals surface area contributed by atoms with Crippen LogP contribution in [0.3, 0.4) is 0 Å². The molecule has 1 saturated heterocycles. The molecule has 1 aromatic rings. The molecule has 0 bridgehead atoms. The van der Waals surface area contributed by atoms with Crippen molar-refractivity contribution in [2.24, 2.45) is 5.92 Å². The lowest BCUT2D eigenvalue weighted by Gasteiger charge is -2.34. The van der Waals surface area contributed by atoms with Gasteiger partial charge in [-0.25, -0.2) is 0 Å². The molecule has 7 heteroatoms. The van der Waals surface area contributed by atoms with Gasteiger partial charge in [0.25, 0.3) is 0 Å². The summed E-state index contributed by atoms with van der Waals surface area (Å²) in [4.78, 5) is 26.4. The third kappa shape index (κ3) is 4.85. The van der Waals surface area contributed by atoms with Crippen LogP contribution in [0.1, 0.15) is 19.8 Å².